The zero-order valence-corrected chi connectivity index (χ0v) is 23.6. The van der Waals surface area contributed by atoms with Crippen LogP contribution in [0.1, 0.15) is 69.3 Å². The number of piperazine rings is 1. The molecule has 1 atom stereocenters. The molecule has 0 saturated carbocycles. The Bertz CT molecular complexity index is 1150. The van der Waals surface area contributed by atoms with Crippen molar-refractivity contribution >= 4 is 29.5 Å². The fourth-order valence-electron chi connectivity index (χ4n) is 6.18. The normalized spacial score (nSPS) is 24.1. The maximum absolute atomic E-state index is 13.0. The van der Waals surface area contributed by atoms with Crippen LogP contribution in [0.5, 0.6) is 0 Å². The van der Waals surface area contributed by atoms with E-state index in [0.717, 1.165) is 69.9 Å². The van der Waals surface area contributed by atoms with Crippen molar-refractivity contribution in [2.45, 2.75) is 71.6 Å². The lowest BCUT2D eigenvalue weighted by molar-refractivity contribution is -0.136. The summed E-state index contributed by atoms with van der Waals surface area (Å²) in [6.07, 6.45) is 2.35. The number of imide groups is 1. The molecule has 1 aromatic rings. The van der Waals surface area contributed by atoms with Gasteiger partial charge in [0.15, 0.2) is 0 Å². The molecule has 5 rings (SSSR count). The van der Waals surface area contributed by atoms with Gasteiger partial charge in [-0.05, 0) is 69.2 Å². The quantitative estimate of drug-likeness (QED) is 0.587. The van der Waals surface area contributed by atoms with Gasteiger partial charge >= 0.3 is 6.09 Å². The van der Waals surface area contributed by atoms with Crippen molar-refractivity contribution in [1.29, 1.82) is 0 Å². The summed E-state index contributed by atoms with van der Waals surface area (Å²) in [5, 5.41) is 2.36. The topological polar surface area (TPSA) is 103 Å². The Morgan fingerprint density at radius 1 is 1.05 bits per heavy atom. The number of likely N-dealkylation sites (tertiary alicyclic amines) is 1. The Morgan fingerprint density at radius 2 is 1.74 bits per heavy atom. The predicted octanol–water partition coefficient (Wildman–Crippen LogP) is 2.61. The molecule has 39 heavy (non-hydrogen) atoms. The van der Waals surface area contributed by atoms with E-state index in [2.05, 4.69) is 28.1 Å². The van der Waals surface area contributed by atoms with E-state index >= 15 is 0 Å². The van der Waals surface area contributed by atoms with Gasteiger partial charge in [0.05, 0.1) is 0 Å². The highest BCUT2D eigenvalue weighted by atomic mass is 16.6. The molecule has 0 aliphatic carbocycles. The third-order valence-corrected chi connectivity index (χ3v) is 8.47. The summed E-state index contributed by atoms with van der Waals surface area (Å²) in [7, 11) is 0. The summed E-state index contributed by atoms with van der Waals surface area (Å²) < 4.78 is 5.55. The van der Waals surface area contributed by atoms with Gasteiger partial charge in [-0.25, -0.2) is 4.79 Å². The van der Waals surface area contributed by atoms with Gasteiger partial charge in [-0.3, -0.25) is 24.6 Å². The van der Waals surface area contributed by atoms with Crippen LogP contribution in [0.15, 0.2) is 18.2 Å². The van der Waals surface area contributed by atoms with Crippen molar-refractivity contribution in [3.63, 3.8) is 0 Å². The molecule has 1 aromatic carbocycles. The third-order valence-electron chi connectivity index (χ3n) is 8.47. The number of amides is 4. The second-order valence-electron chi connectivity index (χ2n) is 12.8. The molecule has 0 unspecified atom stereocenters. The third kappa shape index (κ3) is 6.05. The van der Waals surface area contributed by atoms with Crippen LogP contribution >= 0.6 is 0 Å². The molecule has 1 N–H and O–H groups in total. The van der Waals surface area contributed by atoms with Crippen LogP contribution in [0.25, 0.3) is 0 Å². The largest absolute Gasteiger partial charge is 0.444 e. The molecule has 3 fully saturated rings. The van der Waals surface area contributed by atoms with E-state index in [1.54, 1.807) is 4.90 Å². The number of nitrogens with zero attached hydrogens (tertiary/aromatic N) is 4. The zero-order valence-electron chi connectivity index (χ0n) is 23.6. The van der Waals surface area contributed by atoms with Gasteiger partial charge in [0.2, 0.25) is 11.8 Å². The summed E-state index contributed by atoms with van der Waals surface area (Å²) in [6, 6.07) is 5.38. The number of carbonyl (C=O) groups is 4. The molecule has 4 aliphatic rings. The van der Waals surface area contributed by atoms with E-state index in [1.165, 1.54) is 0 Å². The maximum atomic E-state index is 13.0. The number of piperidine rings is 2. The van der Waals surface area contributed by atoms with Crippen LogP contribution in [0, 0.1) is 5.41 Å². The van der Waals surface area contributed by atoms with Crippen LogP contribution < -0.4 is 10.2 Å². The van der Waals surface area contributed by atoms with Crippen LogP contribution in [-0.4, -0.2) is 96.0 Å². The van der Waals surface area contributed by atoms with E-state index in [1.807, 2.05) is 37.8 Å². The molecule has 0 radical (unpaired) electrons. The van der Waals surface area contributed by atoms with E-state index in [4.69, 9.17) is 4.74 Å². The molecule has 4 amide bonds. The highest BCUT2D eigenvalue weighted by Gasteiger charge is 2.40. The number of benzene rings is 1. The Hall–Kier alpha value is -3.14. The summed E-state index contributed by atoms with van der Waals surface area (Å²) >= 11 is 0. The minimum absolute atomic E-state index is 0.137. The standard InChI is InChI=1S/C29H41N5O5/c1-28(2,3)39-27(38)33-11-9-29(4,10-12-33)19-31-13-15-32(16-14-31)21-5-6-22-20(17-21)18-34(26(22)37)23-7-8-24(35)30-25(23)36/h5-6,17,23H,7-16,18-19H2,1-4H3,(H,30,35,36)/t23-/m0/s1. The minimum atomic E-state index is -0.591. The van der Waals surface area contributed by atoms with Gasteiger partial charge in [0.25, 0.3) is 5.91 Å². The minimum Gasteiger partial charge on any atom is -0.444 e. The van der Waals surface area contributed by atoms with E-state index in [-0.39, 0.29) is 35.7 Å². The van der Waals surface area contributed by atoms with Gasteiger partial charge in [0, 0.05) is 70.0 Å². The first-order chi connectivity index (χ1) is 18.4. The molecule has 212 valence electrons. The molecular formula is C29H41N5O5. The number of carbonyl (C=O) groups excluding carboxylic acids is 4. The lowest BCUT2D eigenvalue weighted by atomic mass is 9.80. The second kappa shape index (κ2) is 10.4. The number of ether oxygens (including phenoxy) is 1. The fraction of sp³-hybridized carbons (Fsp3) is 0.655. The molecule has 0 spiro atoms. The predicted molar refractivity (Wildman–Crippen MR) is 146 cm³/mol. The molecule has 0 bridgehead atoms. The zero-order chi connectivity index (χ0) is 27.9. The van der Waals surface area contributed by atoms with Gasteiger partial charge in [-0.2, -0.15) is 0 Å². The summed E-state index contributed by atoms with van der Waals surface area (Å²) in [5.74, 6) is -0.795. The number of hydrogen-bond acceptors (Lipinski definition) is 7. The van der Waals surface area contributed by atoms with Gasteiger partial charge in [0.1, 0.15) is 11.6 Å². The Morgan fingerprint density at radius 3 is 2.38 bits per heavy atom. The van der Waals surface area contributed by atoms with Crippen molar-refractivity contribution in [2.75, 3.05) is 50.7 Å². The number of anilines is 1. The lowest BCUT2D eigenvalue weighted by Gasteiger charge is -2.44. The van der Waals surface area contributed by atoms with Crippen LogP contribution in [0.2, 0.25) is 0 Å². The van der Waals surface area contributed by atoms with Crippen molar-refractivity contribution in [1.82, 2.24) is 20.0 Å². The second-order valence-corrected chi connectivity index (χ2v) is 12.8. The molecule has 10 heteroatoms. The molecular weight excluding hydrogens is 498 g/mol. The molecule has 3 saturated heterocycles. The van der Waals surface area contributed by atoms with E-state index in [9.17, 15) is 19.2 Å². The maximum Gasteiger partial charge on any atom is 0.410 e. The monoisotopic (exact) mass is 539 g/mol. The summed E-state index contributed by atoms with van der Waals surface area (Å²) in [6.45, 7) is 14.6. The van der Waals surface area contributed by atoms with Gasteiger partial charge in [-0.15, -0.1) is 0 Å². The van der Waals surface area contributed by atoms with E-state index < -0.39 is 11.6 Å². The highest BCUT2D eigenvalue weighted by molar-refractivity contribution is 6.05. The Labute approximate surface area is 230 Å². The number of hydrogen-bond donors (Lipinski definition) is 1. The van der Waals surface area contributed by atoms with Crippen molar-refractivity contribution in [3.05, 3.63) is 29.3 Å². The fourth-order valence-corrected chi connectivity index (χ4v) is 6.18. The molecule has 4 heterocycles. The highest BCUT2D eigenvalue weighted by Crippen LogP contribution is 2.34. The van der Waals surface area contributed by atoms with Crippen molar-refractivity contribution < 1.29 is 23.9 Å². The van der Waals surface area contributed by atoms with Crippen molar-refractivity contribution in [3.8, 4) is 0 Å². The summed E-state index contributed by atoms with van der Waals surface area (Å²) in [5.41, 5.74) is 2.39. The van der Waals surface area contributed by atoms with Crippen LogP contribution in [0.4, 0.5) is 10.5 Å². The Kier molecular flexibility index (Phi) is 7.35. The number of nitrogens with one attached hydrogen (secondary N) is 1. The van der Waals surface area contributed by atoms with Crippen LogP contribution in [0.3, 0.4) is 0 Å². The van der Waals surface area contributed by atoms with Gasteiger partial charge in [-0.1, -0.05) is 6.92 Å². The smallest absolute Gasteiger partial charge is 0.410 e. The van der Waals surface area contributed by atoms with Gasteiger partial charge < -0.3 is 19.4 Å². The average Bonchev–Trinajstić information content (AvgIpc) is 3.19. The Balaban J connectivity index is 1.12. The number of rotatable bonds is 4. The molecule has 0 aromatic heterocycles. The average molecular weight is 540 g/mol. The lowest BCUT2D eigenvalue weighted by Crippen LogP contribution is -2.52. The first kappa shape index (κ1) is 27.4. The SMILES string of the molecule is CC1(CN2CCN(c3ccc4c(c3)CN([C@H]3CCC(=O)NC3=O)C4=O)CC2)CCN(C(=O)OC(C)(C)C)CC1. The van der Waals surface area contributed by atoms with Crippen molar-refractivity contribution in [2.24, 2.45) is 5.41 Å². The molecule has 10 nitrogen and oxygen atoms in total. The summed E-state index contributed by atoms with van der Waals surface area (Å²) in [4.78, 5) is 57.6. The number of fused-ring (bicyclic) bond motifs is 1. The van der Waals surface area contributed by atoms with Crippen LogP contribution in [-0.2, 0) is 20.9 Å². The molecule has 4 aliphatic heterocycles. The van der Waals surface area contributed by atoms with E-state index in [0.29, 0.717) is 18.5 Å². The first-order valence-electron chi connectivity index (χ1n) is 14.1. The first-order valence-corrected chi connectivity index (χ1v) is 14.1.